The Morgan fingerprint density at radius 1 is 1.15 bits per heavy atom. The molecule has 2 atom stereocenters. The molecule has 0 saturated heterocycles. The number of rotatable bonds is 7. The quantitative estimate of drug-likeness (QED) is 0.587. The average molecular weight is 359 g/mol. The Bertz CT molecular complexity index is 722. The average Bonchev–Trinajstić information content (AvgIpc) is 2.65. The van der Waals surface area contributed by atoms with Gasteiger partial charge in [-0.1, -0.05) is 24.3 Å². The molecule has 0 aliphatic carbocycles. The maximum Gasteiger partial charge on any atom is 0.191 e. The van der Waals surface area contributed by atoms with Crippen LogP contribution in [0.1, 0.15) is 25.5 Å². The van der Waals surface area contributed by atoms with Crippen LogP contribution in [0.3, 0.4) is 0 Å². The third-order valence-electron chi connectivity index (χ3n) is 3.89. The predicted molar refractivity (Wildman–Crippen MR) is 102 cm³/mol. The van der Waals surface area contributed by atoms with Crippen molar-refractivity contribution in [3.8, 4) is 11.5 Å². The molecule has 0 radical (unpaired) electrons. The van der Waals surface area contributed by atoms with E-state index < -0.39 is 0 Å². The highest BCUT2D eigenvalue weighted by atomic mass is 19.1. The molecule has 2 aromatic carbocycles. The van der Waals surface area contributed by atoms with Gasteiger partial charge in [0.2, 0.25) is 0 Å². The van der Waals surface area contributed by atoms with Gasteiger partial charge in [-0.2, -0.15) is 0 Å². The lowest BCUT2D eigenvalue weighted by molar-refractivity contribution is 0.223. The number of halogens is 1. The summed E-state index contributed by atoms with van der Waals surface area (Å²) in [5, 5.41) is 6.47. The second kappa shape index (κ2) is 9.65. The van der Waals surface area contributed by atoms with E-state index in [-0.39, 0.29) is 23.7 Å². The number of ether oxygens (including phenoxy) is 2. The summed E-state index contributed by atoms with van der Waals surface area (Å²) >= 11 is 0. The van der Waals surface area contributed by atoms with Crippen molar-refractivity contribution in [3.05, 3.63) is 59.9 Å². The van der Waals surface area contributed by atoms with Gasteiger partial charge in [-0.05, 0) is 43.7 Å². The first-order valence-corrected chi connectivity index (χ1v) is 8.55. The lowest BCUT2D eigenvalue weighted by Crippen LogP contribution is -2.42. The van der Waals surface area contributed by atoms with Gasteiger partial charge in [-0.3, -0.25) is 4.99 Å². The maximum atomic E-state index is 13.9. The Hall–Kier alpha value is -2.76. The zero-order chi connectivity index (χ0) is 18.9. The van der Waals surface area contributed by atoms with Gasteiger partial charge in [0, 0.05) is 7.05 Å². The SMILES string of the molecule is CN=C(NCC(C)Oc1ccccc1)NC(C)c1ccc(OC)c(F)c1. The largest absolute Gasteiger partial charge is 0.494 e. The molecule has 2 N–H and O–H groups in total. The van der Waals surface area contributed by atoms with Crippen LogP contribution in [0, 0.1) is 5.82 Å². The van der Waals surface area contributed by atoms with Crippen molar-refractivity contribution < 1.29 is 13.9 Å². The number of nitrogens with one attached hydrogen (secondary N) is 2. The highest BCUT2D eigenvalue weighted by Crippen LogP contribution is 2.21. The van der Waals surface area contributed by atoms with Crippen LogP contribution >= 0.6 is 0 Å². The predicted octanol–water partition coefficient (Wildman–Crippen LogP) is 3.53. The molecule has 0 saturated carbocycles. The number of hydrogen-bond donors (Lipinski definition) is 2. The molecular formula is C20H26FN3O2. The molecule has 0 aliphatic rings. The number of hydrogen-bond acceptors (Lipinski definition) is 3. The topological polar surface area (TPSA) is 54.9 Å². The Kier molecular flexibility index (Phi) is 7.26. The zero-order valence-electron chi connectivity index (χ0n) is 15.6. The first-order chi connectivity index (χ1) is 12.5. The molecule has 0 fully saturated rings. The van der Waals surface area contributed by atoms with Gasteiger partial charge in [0.15, 0.2) is 17.5 Å². The number of para-hydroxylation sites is 1. The minimum atomic E-state index is -0.383. The first kappa shape index (κ1) is 19.6. The van der Waals surface area contributed by atoms with E-state index in [9.17, 15) is 4.39 Å². The second-order valence-electron chi connectivity index (χ2n) is 5.95. The molecule has 0 aromatic heterocycles. The molecule has 0 amide bonds. The van der Waals surface area contributed by atoms with Crippen molar-refractivity contribution in [2.75, 3.05) is 20.7 Å². The van der Waals surface area contributed by atoms with Gasteiger partial charge >= 0.3 is 0 Å². The van der Waals surface area contributed by atoms with E-state index in [0.29, 0.717) is 12.5 Å². The van der Waals surface area contributed by atoms with Gasteiger partial charge in [0.05, 0.1) is 19.7 Å². The summed E-state index contributed by atoms with van der Waals surface area (Å²) in [6, 6.07) is 14.5. The van der Waals surface area contributed by atoms with Crippen molar-refractivity contribution in [2.24, 2.45) is 4.99 Å². The standard InChI is InChI=1S/C20H26FN3O2/c1-14(26-17-8-6-5-7-9-17)13-23-20(22-3)24-15(2)16-10-11-19(25-4)18(21)12-16/h5-12,14-15H,13H2,1-4H3,(H2,22,23,24). The van der Waals surface area contributed by atoms with Crippen molar-refractivity contribution in [1.82, 2.24) is 10.6 Å². The van der Waals surface area contributed by atoms with Crippen LogP contribution in [0.25, 0.3) is 0 Å². The van der Waals surface area contributed by atoms with Crippen molar-refractivity contribution in [1.29, 1.82) is 0 Å². The molecule has 6 heteroatoms. The number of nitrogens with zero attached hydrogens (tertiary/aromatic N) is 1. The fraction of sp³-hybridized carbons (Fsp3) is 0.350. The summed E-state index contributed by atoms with van der Waals surface area (Å²) in [7, 11) is 3.14. The molecule has 140 valence electrons. The number of methoxy groups -OCH3 is 1. The first-order valence-electron chi connectivity index (χ1n) is 8.55. The summed E-state index contributed by atoms with van der Waals surface area (Å²) in [6.07, 6.45) is -0.0373. The van der Waals surface area contributed by atoms with E-state index in [2.05, 4.69) is 15.6 Å². The number of guanidine groups is 1. The lowest BCUT2D eigenvalue weighted by Gasteiger charge is -2.21. The second-order valence-corrected chi connectivity index (χ2v) is 5.95. The van der Waals surface area contributed by atoms with E-state index in [0.717, 1.165) is 11.3 Å². The Morgan fingerprint density at radius 2 is 1.88 bits per heavy atom. The van der Waals surface area contributed by atoms with E-state index in [4.69, 9.17) is 9.47 Å². The maximum absolute atomic E-state index is 13.9. The molecule has 2 rings (SSSR count). The molecule has 0 bridgehead atoms. The summed E-state index contributed by atoms with van der Waals surface area (Å²) in [6.45, 7) is 4.51. The highest BCUT2D eigenvalue weighted by Gasteiger charge is 2.12. The minimum absolute atomic E-state index is 0.0373. The van der Waals surface area contributed by atoms with Gasteiger partial charge in [0.25, 0.3) is 0 Å². The van der Waals surface area contributed by atoms with E-state index in [1.54, 1.807) is 13.1 Å². The molecular weight excluding hydrogens is 333 g/mol. The van der Waals surface area contributed by atoms with Gasteiger partial charge in [0.1, 0.15) is 11.9 Å². The summed E-state index contributed by atoms with van der Waals surface area (Å²) in [4.78, 5) is 4.21. The van der Waals surface area contributed by atoms with Crippen LogP contribution in [0.5, 0.6) is 11.5 Å². The third-order valence-corrected chi connectivity index (χ3v) is 3.89. The van der Waals surface area contributed by atoms with Crippen molar-refractivity contribution >= 4 is 5.96 Å². The molecule has 0 aliphatic heterocycles. The van der Waals surface area contributed by atoms with Gasteiger partial charge in [-0.15, -0.1) is 0 Å². The lowest BCUT2D eigenvalue weighted by atomic mass is 10.1. The van der Waals surface area contributed by atoms with Gasteiger partial charge in [-0.25, -0.2) is 4.39 Å². The normalized spacial score (nSPS) is 13.7. The summed E-state index contributed by atoms with van der Waals surface area (Å²) in [5.41, 5.74) is 0.805. The van der Waals surface area contributed by atoms with E-state index in [1.165, 1.54) is 13.2 Å². The third kappa shape index (κ3) is 5.65. The van der Waals surface area contributed by atoms with Crippen LogP contribution in [-0.2, 0) is 0 Å². The molecule has 26 heavy (non-hydrogen) atoms. The molecule has 5 nitrogen and oxygen atoms in total. The fourth-order valence-corrected chi connectivity index (χ4v) is 2.45. The van der Waals surface area contributed by atoms with E-state index in [1.807, 2.05) is 50.2 Å². The van der Waals surface area contributed by atoms with Crippen LogP contribution < -0.4 is 20.1 Å². The van der Waals surface area contributed by atoms with Crippen LogP contribution in [0.15, 0.2) is 53.5 Å². The van der Waals surface area contributed by atoms with Gasteiger partial charge < -0.3 is 20.1 Å². The molecule has 0 spiro atoms. The zero-order valence-corrected chi connectivity index (χ0v) is 15.6. The van der Waals surface area contributed by atoms with E-state index >= 15 is 0 Å². The van der Waals surface area contributed by atoms with Crippen LogP contribution in [-0.4, -0.2) is 32.8 Å². The fourth-order valence-electron chi connectivity index (χ4n) is 2.45. The summed E-state index contributed by atoms with van der Waals surface area (Å²) < 4.78 is 24.7. The van der Waals surface area contributed by atoms with Crippen LogP contribution in [0.4, 0.5) is 4.39 Å². The monoisotopic (exact) mass is 359 g/mol. The van der Waals surface area contributed by atoms with Crippen LogP contribution in [0.2, 0.25) is 0 Å². The highest BCUT2D eigenvalue weighted by molar-refractivity contribution is 5.80. The molecule has 2 unspecified atom stereocenters. The number of benzene rings is 2. The molecule has 2 aromatic rings. The summed E-state index contributed by atoms with van der Waals surface area (Å²) in [5.74, 6) is 1.30. The Balaban J connectivity index is 1.87. The Labute approximate surface area is 154 Å². The Morgan fingerprint density at radius 3 is 2.50 bits per heavy atom. The molecule has 0 heterocycles. The minimum Gasteiger partial charge on any atom is -0.494 e. The smallest absolute Gasteiger partial charge is 0.191 e. The van der Waals surface area contributed by atoms with Crippen molar-refractivity contribution in [2.45, 2.75) is 26.0 Å². The van der Waals surface area contributed by atoms with Crippen molar-refractivity contribution in [3.63, 3.8) is 0 Å². The number of aliphatic imine (C=N–C) groups is 1.